The molecule has 1 aromatic heterocycles. The van der Waals surface area contributed by atoms with Crippen LogP contribution in [0.1, 0.15) is 49.6 Å². The van der Waals surface area contributed by atoms with Crippen LogP contribution in [0.5, 0.6) is 5.75 Å². The van der Waals surface area contributed by atoms with Gasteiger partial charge in [0.15, 0.2) is 11.7 Å². The van der Waals surface area contributed by atoms with Gasteiger partial charge in [-0.05, 0) is 43.5 Å². The highest BCUT2D eigenvalue weighted by Gasteiger charge is 2.18. The van der Waals surface area contributed by atoms with Crippen LogP contribution >= 0.6 is 0 Å². The van der Waals surface area contributed by atoms with E-state index in [1.54, 1.807) is 7.05 Å². The summed E-state index contributed by atoms with van der Waals surface area (Å²) in [6, 6.07) is 10.7. The van der Waals surface area contributed by atoms with Crippen molar-refractivity contribution >= 4 is 5.96 Å². The highest BCUT2D eigenvalue weighted by molar-refractivity contribution is 5.79. The number of guanidine groups is 1. The normalized spacial score (nSPS) is 15.4. The van der Waals surface area contributed by atoms with Crippen molar-refractivity contribution in [2.45, 2.75) is 51.7 Å². The fourth-order valence-electron chi connectivity index (χ4n) is 3.62. The molecule has 2 N–H and O–H groups in total. The van der Waals surface area contributed by atoms with Gasteiger partial charge in [0.25, 0.3) is 0 Å². The summed E-state index contributed by atoms with van der Waals surface area (Å²) in [5, 5.41) is 10.7. The summed E-state index contributed by atoms with van der Waals surface area (Å²) in [6.45, 7) is 8.67. The number of hydrogen-bond acceptors (Lipinski definition) is 6. The molecule has 0 radical (unpaired) electrons. The van der Waals surface area contributed by atoms with Crippen molar-refractivity contribution in [2.24, 2.45) is 4.99 Å². The number of aliphatic imine (C=N–C) groups is 1. The van der Waals surface area contributed by atoms with E-state index in [4.69, 9.17) is 14.0 Å². The highest BCUT2D eigenvalue weighted by atomic mass is 16.5. The Kier molecular flexibility index (Phi) is 9.37. The lowest BCUT2D eigenvalue weighted by Crippen LogP contribution is -2.38. The standard InChI is InChI=1S/C24H37N5O3/c1-18(2)23-15-22(32-28-23)17-27-24(25-3)26-16-19-6-5-7-21(14-19)31-13-10-29(4)20-8-11-30-12-9-20/h5-7,14-15,18,20H,8-13,16-17H2,1-4H3,(H2,25,26,27). The van der Waals surface area contributed by atoms with Crippen LogP contribution in [-0.2, 0) is 17.8 Å². The molecule has 8 nitrogen and oxygen atoms in total. The molecule has 1 aromatic carbocycles. The molecule has 1 saturated heterocycles. The average molecular weight is 444 g/mol. The summed E-state index contributed by atoms with van der Waals surface area (Å²) in [5.41, 5.74) is 2.09. The lowest BCUT2D eigenvalue weighted by molar-refractivity contribution is 0.0392. The lowest BCUT2D eigenvalue weighted by atomic mass is 10.1. The Labute approximate surface area is 191 Å². The molecule has 0 aliphatic carbocycles. The van der Waals surface area contributed by atoms with Crippen LogP contribution in [0.4, 0.5) is 0 Å². The lowest BCUT2D eigenvalue weighted by Gasteiger charge is -2.31. The van der Waals surface area contributed by atoms with E-state index in [9.17, 15) is 0 Å². The van der Waals surface area contributed by atoms with Crippen molar-refractivity contribution in [3.05, 3.63) is 47.3 Å². The monoisotopic (exact) mass is 443 g/mol. The fourth-order valence-corrected chi connectivity index (χ4v) is 3.62. The van der Waals surface area contributed by atoms with Crippen molar-refractivity contribution in [1.82, 2.24) is 20.7 Å². The van der Waals surface area contributed by atoms with Crippen molar-refractivity contribution in [3.8, 4) is 5.75 Å². The van der Waals surface area contributed by atoms with Crippen LogP contribution in [-0.4, -0.2) is 62.5 Å². The number of benzene rings is 1. The average Bonchev–Trinajstić information content (AvgIpc) is 3.29. The van der Waals surface area contributed by atoms with Crippen LogP contribution in [0.25, 0.3) is 0 Å². The summed E-state index contributed by atoms with van der Waals surface area (Å²) in [5.74, 6) is 2.73. The second-order valence-corrected chi connectivity index (χ2v) is 8.47. The van der Waals surface area contributed by atoms with Crippen molar-refractivity contribution in [3.63, 3.8) is 0 Å². The van der Waals surface area contributed by atoms with Crippen LogP contribution in [0.15, 0.2) is 39.8 Å². The summed E-state index contributed by atoms with van der Waals surface area (Å²) in [4.78, 5) is 6.66. The number of hydrogen-bond donors (Lipinski definition) is 2. The Balaban J connectivity index is 1.40. The third kappa shape index (κ3) is 7.53. The largest absolute Gasteiger partial charge is 0.492 e. The van der Waals surface area contributed by atoms with E-state index in [0.717, 1.165) is 55.4 Å². The van der Waals surface area contributed by atoms with E-state index >= 15 is 0 Å². The quantitative estimate of drug-likeness (QED) is 0.431. The molecular formula is C24H37N5O3. The Bertz CT molecular complexity index is 846. The maximum absolute atomic E-state index is 6.00. The zero-order chi connectivity index (χ0) is 22.8. The molecular weight excluding hydrogens is 406 g/mol. The van der Waals surface area contributed by atoms with Crippen LogP contribution in [0.2, 0.25) is 0 Å². The SMILES string of the molecule is CN=C(NCc1cccc(OCCN(C)C2CCOCC2)c1)NCc1cc(C(C)C)no1. The predicted octanol–water partition coefficient (Wildman–Crippen LogP) is 3.15. The second-order valence-electron chi connectivity index (χ2n) is 8.47. The van der Waals surface area contributed by atoms with E-state index < -0.39 is 0 Å². The maximum Gasteiger partial charge on any atom is 0.191 e. The van der Waals surface area contributed by atoms with Gasteiger partial charge in [-0.1, -0.05) is 31.1 Å². The van der Waals surface area contributed by atoms with Gasteiger partial charge in [-0.15, -0.1) is 0 Å². The van der Waals surface area contributed by atoms with Crippen molar-refractivity contribution in [1.29, 1.82) is 0 Å². The molecule has 1 aliphatic rings. The number of ether oxygens (including phenoxy) is 2. The Morgan fingerprint density at radius 3 is 2.72 bits per heavy atom. The maximum atomic E-state index is 6.00. The van der Waals surface area contributed by atoms with Gasteiger partial charge in [0.1, 0.15) is 12.4 Å². The molecule has 0 bridgehead atoms. The molecule has 0 atom stereocenters. The molecule has 3 rings (SSSR count). The number of likely N-dealkylation sites (N-methyl/N-ethyl adjacent to an activating group) is 1. The zero-order valence-corrected chi connectivity index (χ0v) is 19.8. The van der Waals surface area contributed by atoms with Gasteiger partial charge in [0, 0.05) is 45.5 Å². The van der Waals surface area contributed by atoms with E-state index in [-0.39, 0.29) is 0 Å². The van der Waals surface area contributed by atoms with Gasteiger partial charge in [-0.3, -0.25) is 9.89 Å². The first-order valence-electron chi connectivity index (χ1n) is 11.4. The van der Waals surface area contributed by atoms with Crippen LogP contribution in [0, 0.1) is 0 Å². The Morgan fingerprint density at radius 2 is 2.00 bits per heavy atom. The molecule has 0 unspecified atom stereocenters. The Hall–Kier alpha value is -2.58. The van der Waals surface area contributed by atoms with E-state index in [1.165, 1.54) is 0 Å². The van der Waals surface area contributed by atoms with Crippen molar-refractivity contribution in [2.75, 3.05) is 40.5 Å². The predicted molar refractivity (Wildman–Crippen MR) is 126 cm³/mol. The van der Waals surface area contributed by atoms with Gasteiger partial charge >= 0.3 is 0 Å². The molecule has 176 valence electrons. The molecule has 2 heterocycles. The molecule has 0 amide bonds. The van der Waals surface area contributed by atoms with Gasteiger partial charge in [0.05, 0.1) is 12.2 Å². The molecule has 2 aromatic rings. The highest BCUT2D eigenvalue weighted by Crippen LogP contribution is 2.16. The Morgan fingerprint density at radius 1 is 1.22 bits per heavy atom. The zero-order valence-electron chi connectivity index (χ0n) is 19.8. The molecule has 1 fully saturated rings. The van der Waals surface area contributed by atoms with E-state index in [1.807, 2.05) is 18.2 Å². The van der Waals surface area contributed by atoms with Crippen molar-refractivity contribution < 1.29 is 14.0 Å². The number of nitrogens with one attached hydrogen (secondary N) is 2. The third-order valence-electron chi connectivity index (χ3n) is 5.71. The second kappa shape index (κ2) is 12.5. The first-order chi connectivity index (χ1) is 15.5. The van der Waals surface area contributed by atoms with Gasteiger partial charge in [0.2, 0.25) is 0 Å². The molecule has 8 heteroatoms. The fraction of sp³-hybridized carbons (Fsp3) is 0.583. The van der Waals surface area contributed by atoms with Crippen LogP contribution in [0.3, 0.4) is 0 Å². The number of aromatic nitrogens is 1. The summed E-state index contributed by atoms with van der Waals surface area (Å²) in [6.07, 6.45) is 2.20. The smallest absolute Gasteiger partial charge is 0.191 e. The third-order valence-corrected chi connectivity index (χ3v) is 5.71. The topological polar surface area (TPSA) is 84.2 Å². The van der Waals surface area contributed by atoms with Gasteiger partial charge < -0.3 is 24.6 Å². The number of rotatable bonds is 10. The van der Waals surface area contributed by atoms with E-state index in [2.05, 4.69) is 58.7 Å². The van der Waals surface area contributed by atoms with Crippen LogP contribution < -0.4 is 15.4 Å². The molecule has 0 saturated carbocycles. The molecule has 0 spiro atoms. The first-order valence-corrected chi connectivity index (χ1v) is 11.4. The minimum atomic E-state index is 0.349. The summed E-state index contributed by atoms with van der Waals surface area (Å²) < 4.78 is 16.8. The molecule has 32 heavy (non-hydrogen) atoms. The minimum absolute atomic E-state index is 0.349. The van der Waals surface area contributed by atoms with Gasteiger partial charge in [-0.25, -0.2) is 0 Å². The minimum Gasteiger partial charge on any atom is -0.492 e. The first kappa shape index (κ1) is 24.1. The molecule has 1 aliphatic heterocycles. The number of nitrogens with zero attached hydrogens (tertiary/aromatic N) is 3. The summed E-state index contributed by atoms with van der Waals surface area (Å²) in [7, 11) is 3.92. The van der Waals surface area contributed by atoms with Gasteiger partial charge in [-0.2, -0.15) is 0 Å². The summed E-state index contributed by atoms with van der Waals surface area (Å²) >= 11 is 0. The van der Waals surface area contributed by atoms with E-state index in [0.29, 0.717) is 37.6 Å².